The first-order valence-electron chi connectivity index (χ1n) is 9.54. The lowest BCUT2D eigenvalue weighted by Gasteiger charge is -2.34. The maximum absolute atomic E-state index is 12.9. The van der Waals surface area contributed by atoms with Gasteiger partial charge in [0, 0.05) is 43.9 Å². The molecule has 6 nitrogen and oxygen atoms in total. The van der Waals surface area contributed by atoms with Crippen molar-refractivity contribution >= 4 is 5.91 Å². The molecule has 0 aromatic heterocycles. The number of hydrogen-bond acceptors (Lipinski definition) is 5. The molecular formula is C22H28N2O4. The average Bonchev–Trinajstić information content (AvgIpc) is 2.74. The molecule has 1 aliphatic heterocycles. The largest absolute Gasteiger partial charge is 0.496 e. The highest BCUT2D eigenvalue weighted by molar-refractivity contribution is 5.95. The minimum absolute atomic E-state index is 0.0109. The van der Waals surface area contributed by atoms with Crippen LogP contribution in [0.4, 0.5) is 0 Å². The summed E-state index contributed by atoms with van der Waals surface area (Å²) in [6.45, 7) is 6.48. The number of hydrogen-bond donors (Lipinski definition) is 0. The summed E-state index contributed by atoms with van der Waals surface area (Å²) in [4.78, 5) is 17.1. The minimum Gasteiger partial charge on any atom is -0.496 e. The molecule has 1 amide bonds. The summed E-state index contributed by atoms with van der Waals surface area (Å²) < 4.78 is 16.5. The first-order valence-corrected chi connectivity index (χ1v) is 9.54. The van der Waals surface area contributed by atoms with E-state index < -0.39 is 0 Å². The van der Waals surface area contributed by atoms with Crippen LogP contribution in [-0.2, 0) is 0 Å². The normalized spacial score (nSPS) is 14.6. The van der Waals surface area contributed by atoms with Crippen LogP contribution in [0.2, 0.25) is 0 Å². The second-order valence-electron chi connectivity index (χ2n) is 6.80. The Morgan fingerprint density at radius 3 is 2.14 bits per heavy atom. The van der Waals surface area contributed by atoms with Crippen LogP contribution in [0.1, 0.15) is 15.9 Å². The molecule has 28 heavy (non-hydrogen) atoms. The molecule has 0 unspecified atom stereocenters. The molecule has 1 heterocycles. The highest BCUT2D eigenvalue weighted by atomic mass is 16.5. The van der Waals surface area contributed by atoms with Crippen molar-refractivity contribution in [2.75, 3.05) is 53.6 Å². The Labute approximate surface area is 166 Å². The van der Waals surface area contributed by atoms with Gasteiger partial charge < -0.3 is 19.1 Å². The van der Waals surface area contributed by atoms with Gasteiger partial charge in [0.1, 0.15) is 23.9 Å². The number of nitrogens with zero attached hydrogens (tertiary/aromatic N) is 2. The van der Waals surface area contributed by atoms with E-state index in [-0.39, 0.29) is 5.91 Å². The summed E-state index contributed by atoms with van der Waals surface area (Å²) in [5.41, 5.74) is 1.49. The molecule has 3 rings (SSSR count). The molecular weight excluding hydrogens is 356 g/mol. The maximum atomic E-state index is 12.9. The lowest BCUT2D eigenvalue weighted by molar-refractivity contribution is 0.0619. The maximum Gasteiger partial charge on any atom is 0.254 e. The van der Waals surface area contributed by atoms with Crippen LogP contribution >= 0.6 is 0 Å². The van der Waals surface area contributed by atoms with Crippen molar-refractivity contribution in [3.63, 3.8) is 0 Å². The van der Waals surface area contributed by atoms with E-state index in [0.29, 0.717) is 36.8 Å². The molecule has 0 saturated carbocycles. The molecule has 6 heteroatoms. The van der Waals surface area contributed by atoms with E-state index >= 15 is 0 Å². The second kappa shape index (κ2) is 9.46. The number of para-hydroxylation sites is 1. The van der Waals surface area contributed by atoms with Gasteiger partial charge in [-0.3, -0.25) is 9.69 Å². The highest BCUT2D eigenvalue weighted by Crippen LogP contribution is 2.30. The van der Waals surface area contributed by atoms with E-state index in [9.17, 15) is 4.79 Å². The van der Waals surface area contributed by atoms with Gasteiger partial charge in [-0.05, 0) is 31.2 Å². The first kappa shape index (κ1) is 20.0. The molecule has 1 saturated heterocycles. The van der Waals surface area contributed by atoms with Crippen molar-refractivity contribution < 1.29 is 19.0 Å². The van der Waals surface area contributed by atoms with Crippen molar-refractivity contribution in [1.29, 1.82) is 0 Å². The third-order valence-electron chi connectivity index (χ3n) is 5.08. The summed E-state index contributed by atoms with van der Waals surface area (Å²) >= 11 is 0. The SMILES string of the molecule is COc1cc(C(=O)N2CCN(CCOc3ccccc3)CC2)cc(OC)c1C. The molecule has 0 bridgehead atoms. The number of ether oxygens (including phenoxy) is 3. The van der Waals surface area contributed by atoms with E-state index in [4.69, 9.17) is 14.2 Å². The van der Waals surface area contributed by atoms with Gasteiger partial charge >= 0.3 is 0 Å². The molecule has 0 radical (unpaired) electrons. The third kappa shape index (κ3) is 4.75. The van der Waals surface area contributed by atoms with Crippen LogP contribution in [0.15, 0.2) is 42.5 Å². The van der Waals surface area contributed by atoms with Gasteiger partial charge in [0.25, 0.3) is 5.91 Å². The van der Waals surface area contributed by atoms with Crippen LogP contribution in [-0.4, -0.2) is 69.3 Å². The molecule has 0 atom stereocenters. The number of piperazine rings is 1. The fourth-order valence-corrected chi connectivity index (χ4v) is 3.38. The number of amides is 1. The average molecular weight is 384 g/mol. The Balaban J connectivity index is 1.52. The van der Waals surface area contributed by atoms with Gasteiger partial charge in [-0.25, -0.2) is 0 Å². The van der Waals surface area contributed by atoms with Gasteiger partial charge in [-0.1, -0.05) is 18.2 Å². The van der Waals surface area contributed by atoms with Gasteiger partial charge in [-0.15, -0.1) is 0 Å². The molecule has 0 N–H and O–H groups in total. The highest BCUT2D eigenvalue weighted by Gasteiger charge is 2.23. The lowest BCUT2D eigenvalue weighted by atomic mass is 10.1. The Morgan fingerprint density at radius 2 is 1.57 bits per heavy atom. The standard InChI is InChI=1S/C22H28N2O4/c1-17-20(26-2)15-18(16-21(17)27-3)22(25)24-11-9-23(10-12-24)13-14-28-19-7-5-4-6-8-19/h4-8,15-16H,9-14H2,1-3H3. The summed E-state index contributed by atoms with van der Waals surface area (Å²) in [5.74, 6) is 2.23. The zero-order valence-electron chi connectivity index (χ0n) is 16.8. The molecule has 1 fully saturated rings. The zero-order chi connectivity index (χ0) is 19.9. The van der Waals surface area contributed by atoms with E-state index in [1.54, 1.807) is 26.4 Å². The molecule has 150 valence electrons. The number of rotatable bonds is 7. The second-order valence-corrected chi connectivity index (χ2v) is 6.80. The lowest BCUT2D eigenvalue weighted by Crippen LogP contribution is -2.49. The van der Waals surface area contributed by atoms with Crippen molar-refractivity contribution in [1.82, 2.24) is 9.80 Å². The van der Waals surface area contributed by atoms with Crippen LogP contribution in [0.5, 0.6) is 17.2 Å². The fourth-order valence-electron chi connectivity index (χ4n) is 3.38. The van der Waals surface area contributed by atoms with Crippen LogP contribution in [0, 0.1) is 6.92 Å². The quantitative estimate of drug-likeness (QED) is 0.735. The molecule has 0 spiro atoms. The van der Waals surface area contributed by atoms with E-state index in [1.807, 2.05) is 42.2 Å². The predicted molar refractivity (Wildman–Crippen MR) is 109 cm³/mol. The fraction of sp³-hybridized carbons (Fsp3) is 0.409. The Hall–Kier alpha value is -2.73. The molecule has 0 aliphatic carbocycles. The molecule has 2 aromatic carbocycles. The number of benzene rings is 2. The van der Waals surface area contributed by atoms with E-state index in [1.165, 1.54) is 0 Å². The molecule has 1 aliphatic rings. The Morgan fingerprint density at radius 1 is 0.964 bits per heavy atom. The van der Waals surface area contributed by atoms with Crippen molar-refractivity contribution in [2.24, 2.45) is 0 Å². The zero-order valence-corrected chi connectivity index (χ0v) is 16.8. The number of carbonyl (C=O) groups is 1. The smallest absolute Gasteiger partial charge is 0.254 e. The third-order valence-corrected chi connectivity index (χ3v) is 5.08. The predicted octanol–water partition coefficient (Wildman–Crippen LogP) is 2.85. The summed E-state index contributed by atoms with van der Waals surface area (Å²) in [7, 11) is 3.21. The monoisotopic (exact) mass is 384 g/mol. The van der Waals surface area contributed by atoms with Crippen molar-refractivity contribution in [3.8, 4) is 17.2 Å². The summed E-state index contributed by atoms with van der Waals surface area (Å²) in [6, 6.07) is 13.4. The van der Waals surface area contributed by atoms with E-state index in [0.717, 1.165) is 30.9 Å². The molecule has 2 aromatic rings. The van der Waals surface area contributed by atoms with E-state index in [2.05, 4.69) is 4.90 Å². The topological polar surface area (TPSA) is 51.2 Å². The van der Waals surface area contributed by atoms with Crippen LogP contribution in [0.25, 0.3) is 0 Å². The van der Waals surface area contributed by atoms with Gasteiger partial charge in [0.15, 0.2) is 0 Å². The number of methoxy groups -OCH3 is 2. The van der Waals surface area contributed by atoms with Crippen LogP contribution in [0.3, 0.4) is 0 Å². The van der Waals surface area contributed by atoms with Crippen LogP contribution < -0.4 is 14.2 Å². The summed E-state index contributed by atoms with van der Waals surface area (Å²) in [6.07, 6.45) is 0. The number of carbonyl (C=O) groups excluding carboxylic acids is 1. The van der Waals surface area contributed by atoms with Gasteiger partial charge in [-0.2, -0.15) is 0 Å². The van der Waals surface area contributed by atoms with Crippen molar-refractivity contribution in [3.05, 3.63) is 53.6 Å². The first-order chi connectivity index (χ1) is 13.6. The van der Waals surface area contributed by atoms with Gasteiger partial charge in [0.2, 0.25) is 0 Å². The summed E-state index contributed by atoms with van der Waals surface area (Å²) in [5, 5.41) is 0. The van der Waals surface area contributed by atoms with Crippen molar-refractivity contribution in [2.45, 2.75) is 6.92 Å². The minimum atomic E-state index is 0.0109. The Kier molecular flexibility index (Phi) is 6.76. The van der Waals surface area contributed by atoms with Gasteiger partial charge in [0.05, 0.1) is 14.2 Å². The Bertz CT molecular complexity index is 761.